The van der Waals surface area contributed by atoms with E-state index in [9.17, 15) is 14.7 Å². The summed E-state index contributed by atoms with van der Waals surface area (Å²) in [5.41, 5.74) is 1.13. The molecule has 1 fully saturated rings. The summed E-state index contributed by atoms with van der Waals surface area (Å²) < 4.78 is 3.23. The summed E-state index contributed by atoms with van der Waals surface area (Å²) in [6.07, 6.45) is 5.59. The monoisotopic (exact) mass is 424 g/mol. The Morgan fingerprint density at radius 2 is 2.16 bits per heavy atom. The molecule has 3 aromatic heterocycles. The van der Waals surface area contributed by atoms with Gasteiger partial charge in [-0.2, -0.15) is 9.61 Å². The van der Waals surface area contributed by atoms with Gasteiger partial charge in [-0.1, -0.05) is 0 Å². The summed E-state index contributed by atoms with van der Waals surface area (Å²) in [5, 5.41) is 20.2. The van der Waals surface area contributed by atoms with E-state index in [2.05, 4.69) is 20.7 Å². The first kappa shape index (κ1) is 21.0. The zero-order valence-corrected chi connectivity index (χ0v) is 18.0. The molecule has 0 radical (unpaired) electrons. The van der Waals surface area contributed by atoms with Crippen molar-refractivity contribution in [1.82, 2.24) is 19.2 Å². The molecule has 3 aromatic rings. The SMILES string of the molecule is CNc1cc(Nc2cccn(C(C)C)c2=O)nc2c(C(=O)C[C@H]3CC[C@@H](O)C3)cnn12. The van der Waals surface area contributed by atoms with Crippen molar-refractivity contribution in [3.63, 3.8) is 0 Å². The average molecular weight is 425 g/mol. The quantitative estimate of drug-likeness (QED) is 0.500. The molecule has 0 spiro atoms. The van der Waals surface area contributed by atoms with Crippen LogP contribution in [-0.2, 0) is 0 Å². The van der Waals surface area contributed by atoms with Gasteiger partial charge in [0.25, 0.3) is 5.56 Å². The Labute approximate surface area is 180 Å². The molecule has 0 unspecified atom stereocenters. The Morgan fingerprint density at radius 1 is 1.35 bits per heavy atom. The number of rotatable bonds is 7. The second-order valence-corrected chi connectivity index (χ2v) is 8.38. The lowest BCUT2D eigenvalue weighted by molar-refractivity contribution is 0.0959. The van der Waals surface area contributed by atoms with Crippen LogP contribution in [0, 0.1) is 5.92 Å². The first-order valence-corrected chi connectivity index (χ1v) is 10.6. The van der Waals surface area contributed by atoms with Crippen LogP contribution in [0.2, 0.25) is 0 Å². The average Bonchev–Trinajstić information content (AvgIpc) is 3.34. The van der Waals surface area contributed by atoms with E-state index in [4.69, 9.17) is 0 Å². The second kappa shape index (κ2) is 8.50. The molecule has 1 saturated carbocycles. The van der Waals surface area contributed by atoms with E-state index >= 15 is 0 Å². The van der Waals surface area contributed by atoms with E-state index in [0.29, 0.717) is 41.4 Å². The summed E-state index contributed by atoms with van der Waals surface area (Å²) in [6.45, 7) is 3.89. The lowest BCUT2D eigenvalue weighted by Crippen LogP contribution is -2.23. The van der Waals surface area contributed by atoms with Crippen LogP contribution in [-0.4, -0.2) is 43.2 Å². The lowest BCUT2D eigenvalue weighted by atomic mass is 9.98. The Kier molecular flexibility index (Phi) is 5.77. The highest BCUT2D eigenvalue weighted by atomic mass is 16.3. The zero-order valence-electron chi connectivity index (χ0n) is 18.0. The number of nitrogens with one attached hydrogen (secondary N) is 2. The van der Waals surface area contributed by atoms with Crippen LogP contribution in [0.15, 0.2) is 35.4 Å². The van der Waals surface area contributed by atoms with Gasteiger partial charge in [-0.15, -0.1) is 0 Å². The number of fused-ring (bicyclic) bond motifs is 1. The molecule has 31 heavy (non-hydrogen) atoms. The molecule has 9 heteroatoms. The summed E-state index contributed by atoms with van der Waals surface area (Å²) in [5.74, 6) is 1.23. The van der Waals surface area contributed by atoms with Crippen molar-refractivity contribution in [3.8, 4) is 0 Å². The van der Waals surface area contributed by atoms with E-state index in [0.717, 1.165) is 12.8 Å². The molecule has 0 bridgehead atoms. The highest BCUT2D eigenvalue weighted by molar-refractivity contribution is 6.01. The van der Waals surface area contributed by atoms with Gasteiger partial charge in [0.1, 0.15) is 17.3 Å². The fourth-order valence-electron chi connectivity index (χ4n) is 4.16. The fraction of sp³-hybridized carbons (Fsp3) is 0.455. The third-order valence-electron chi connectivity index (χ3n) is 5.81. The molecule has 0 aromatic carbocycles. The zero-order chi connectivity index (χ0) is 22.1. The van der Waals surface area contributed by atoms with Crippen LogP contribution >= 0.6 is 0 Å². The number of hydrogen-bond acceptors (Lipinski definition) is 7. The van der Waals surface area contributed by atoms with E-state index in [1.54, 1.807) is 34.5 Å². The number of aromatic nitrogens is 4. The van der Waals surface area contributed by atoms with Crippen LogP contribution in [0.25, 0.3) is 5.65 Å². The number of aliphatic hydroxyl groups excluding tert-OH is 1. The van der Waals surface area contributed by atoms with Gasteiger partial charge < -0.3 is 20.3 Å². The minimum atomic E-state index is -0.313. The van der Waals surface area contributed by atoms with Crippen molar-refractivity contribution >= 4 is 28.8 Å². The van der Waals surface area contributed by atoms with E-state index < -0.39 is 0 Å². The van der Waals surface area contributed by atoms with Crippen molar-refractivity contribution in [3.05, 3.63) is 46.5 Å². The normalized spacial score (nSPS) is 18.6. The molecule has 2 atom stereocenters. The van der Waals surface area contributed by atoms with Gasteiger partial charge in [0.2, 0.25) is 0 Å². The maximum Gasteiger partial charge on any atom is 0.274 e. The maximum absolute atomic E-state index is 13.0. The number of pyridine rings is 1. The first-order valence-electron chi connectivity index (χ1n) is 10.6. The van der Waals surface area contributed by atoms with Gasteiger partial charge in [-0.05, 0) is 51.2 Å². The number of carbonyl (C=O) groups is 1. The van der Waals surface area contributed by atoms with Gasteiger partial charge in [-0.3, -0.25) is 9.59 Å². The van der Waals surface area contributed by atoms with Crippen molar-refractivity contribution in [2.24, 2.45) is 5.92 Å². The van der Waals surface area contributed by atoms with Gasteiger partial charge in [0.05, 0.1) is 17.9 Å². The molecule has 1 aliphatic carbocycles. The Morgan fingerprint density at radius 3 is 2.84 bits per heavy atom. The Hall–Kier alpha value is -3.20. The molecule has 0 saturated heterocycles. The molecule has 164 valence electrons. The summed E-state index contributed by atoms with van der Waals surface area (Å²) in [4.78, 5) is 30.3. The smallest absolute Gasteiger partial charge is 0.274 e. The fourth-order valence-corrected chi connectivity index (χ4v) is 4.16. The molecule has 4 rings (SSSR count). The van der Waals surface area contributed by atoms with Gasteiger partial charge >= 0.3 is 0 Å². The van der Waals surface area contributed by atoms with Crippen LogP contribution in [0.5, 0.6) is 0 Å². The number of anilines is 3. The van der Waals surface area contributed by atoms with Gasteiger partial charge in [-0.25, -0.2) is 4.98 Å². The molecule has 0 aliphatic heterocycles. The van der Waals surface area contributed by atoms with Crippen molar-refractivity contribution in [1.29, 1.82) is 0 Å². The van der Waals surface area contributed by atoms with Gasteiger partial charge in [0, 0.05) is 31.8 Å². The molecule has 9 nitrogen and oxygen atoms in total. The van der Waals surface area contributed by atoms with Crippen LogP contribution in [0.4, 0.5) is 17.3 Å². The molecular weight excluding hydrogens is 396 g/mol. The molecular formula is C22H28N6O3. The van der Waals surface area contributed by atoms with Gasteiger partial charge in [0.15, 0.2) is 11.4 Å². The number of ketones is 1. The van der Waals surface area contributed by atoms with Crippen molar-refractivity contribution in [2.45, 2.75) is 51.7 Å². The van der Waals surface area contributed by atoms with E-state index in [1.807, 2.05) is 19.9 Å². The third kappa shape index (κ3) is 4.18. The number of Topliss-reactive ketones (excluding diaryl/α,β-unsaturated/α-hetero) is 1. The third-order valence-corrected chi connectivity index (χ3v) is 5.81. The van der Waals surface area contributed by atoms with Crippen LogP contribution in [0.3, 0.4) is 0 Å². The van der Waals surface area contributed by atoms with Crippen molar-refractivity contribution in [2.75, 3.05) is 17.7 Å². The number of nitrogens with zero attached hydrogens (tertiary/aromatic N) is 4. The number of aliphatic hydroxyl groups is 1. The highest BCUT2D eigenvalue weighted by Crippen LogP contribution is 2.30. The Balaban J connectivity index is 1.68. The van der Waals surface area contributed by atoms with Crippen molar-refractivity contribution < 1.29 is 9.90 Å². The Bertz CT molecular complexity index is 1170. The van der Waals surface area contributed by atoms with Crippen LogP contribution < -0.4 is 16.2 Å². The molecule has 1 aliphatic rings. The summed E-state index contributed by atoms with van der Waals surface area (Å²) >= 11 is 0. The number of hydrogen-bond donors (Lipinski definition) is 3. The second-order valence-electron chi connectivity index (χ2n) is 8.38. The number of carbonyl (C=O) groups excluding carboxylic acids is 1. The first-order chi connectivity index (χ1) is 14.9. The molecule has 0 amide bonds. The van der Waals surface area contributed by atoms with E-state index in [1.165, 1.54) is 6.20 Å². The summed E-state index contributed by atoms with van der Waals surface area (Å²) in [6, 6.07) is 5.30. The molecule has 3 heterocycles. The standard InChI is InChI=1S/C22H28N6O3/c1-13(2)27-8-4-5-17(22(27)31)25-19-11-20(23-3)28-21(26-19)16(12-24-28)18(30)10-14-6-7-15(29)9-14/h4-5,8,11-15,23,29H,6-7,9-10H2,1-3H3,(H,25,26)/t14-,15+/m0/s1. The lowest BCUT2D eigenvalue weighted by Gasteiger charge is -2.13. The predicted octanol–water partition coefficient (Wildman–Crippen LogP) is 2.99. The predicted molar refractivity (Wildman–Crippen MR) is 119 cm³/mol. The minimum absolute atomic E-state index is 0.0331. The van der Waals surface area contributed by atoms with Crippen LogP contribution in [0.1, 0.15) is 55.9 Å². The maximum atomic E-state index is 13.0. The molecule has 3 N–H and O–H groups in total. The minimum Gasteiger partial charge on any atom is -0.393 e. The topological polar surface area (TPSA) is 114 Å². The van der Waals surface area contributed by atoms with E-state index in [-0.39, 0.29) is 29.4 Å². The largest absolute Gasteiger partial charge is 0.393 e. The highest BCUT2D eigenvalue weighted by Gasteiger charge is 2.27. The summed E-state index contributed by atoms with van der Waals surface area (Å²) in [7, 11) is 1.76.